The highest BCUT2D eigenvalue weighted by molar-refractivity contribution is 5.85. The minimum Gasteiger partial charge on any atom is -0.478 e. The van der Waals surface area contributed by atoms with E-state index in [1.165, 1.54) is 38.5 Å². The van der Waals surface area contributed by atoms with Crippen LogP contribution in [0.3, 0.4) is 0 Å². The SMILES string of the molecule is COC(=O)CCCCC(=O)Oc1ccc(/C=C/C(=O)O)cc1OC(O)CCCCC(=O)OC. The van der Waals surface area contributed by atoms with E-state index in [1.807, 2.05) is 0 Å². The average Bonchev–Trinajstić information content (AvgIpc) is 2.79. The first kappa shape index (κ1) is 27.6. The predicted octanol–water partition coefficient (Wildman–Crippen LogP) is 2.85. The maximum Gasteiger partial charge on any atom is 0.328 e. The molecule has 0 bridgehead atoms. The Kier molecular flexibility index (Phi) is 12.9. The summed E-state index contributed by atoms with van der Waals surface area (Å²) in [4.78, 5) is 45.2. The van der Waals surface area contributed by atoms with Crippen LogP contribution in [0.2, 0.25) is 0 Å². The minimum absolute atomic E-state index is 0.0610. The van der Waals surface area contributed by atoms with E-state index >= 15 is 0 Å². The number of carbonyl (C=O) groups is 4. The summed E-state index contributed by atoms with van der Waals surface area (Å²) in [5.74, 6) is -2.26. The second-order valence-electron chi connectivity index (χ2n) is 7.03. The molecule has 0 spiro atoms. The molecule has 33 heavy (non-hydrogen) atoms. The van der Waals surface area contributed by atoms with E-state index in [2.05, 4.69) is 9.47 Å². The van der Waals surface area contributed by atoms with Crippen LogP contribution in [0, 0.1) is 0 Å². The zero-order valence-electron chi connectivity index (χ0n) is 18.8. The van der Waals surface area contributed by atoms with Gasteiger partial charge in [-0.15, -0.1) is 0 Å². The quantitative estimate of drug-likeness (QED) is 0.130. The number of rotatable bonds is 15. The second kappa shape index (κ2) is 15.4. The molecule has 0 aliphatic heterocycles. The molecule has 0 amide bonds. The number of aliphatic carboxylic acids is 1. The maximum absolute atomic E-state index is 12.2. The Morgan fingerprint density at radius 2 is 1.45 bits per heavy atom. The van der Waals surface area contributed by atoms with Crippen LogP contribution in [-0.2, 0) is 28.7 Å². The Bertz CT molecular complexity index is 831. The smallest absolute Gasteiger partial charge is 0.328 e. The van der Waals surface area contributed by atoms with Gasteiger partial charge in [0.1, 0.15) is 0 Å². The number of unbranched alkanes of at least 4 members (excludes halogenated alkanes) is 2. The lowest BCUT2D eigenvalue weighted by molar-refractivity contribution is -0.141. The first-order valence-corrected chi connectivity index (χ1v) is 10.5. The van der Waals surface area contributed by atoms with Gasteiger partial charge in [0.15, 0.2) is 17.8 Å². The molecule has 0 heterocycles. The number of benzene rings is 1. The van der Waals surface area contributed by atoms with Gasteiger partial charge >= 0.3 is 23.9 Å². The third-order valence-corrected chi connectivity index (χ3v) is 4.42. The minimum atomic E-state index is -1.24. The molecule has 10 nitrogen and oxygen atoms in total. The number of aliphatic hydroxyl groups is 1. The lowest BCUT2D eigenvalue weighted by Crippen LogP contribution is -2.17. The molecule has 0 radical (unpaired) electrons. The van der Waals surface area contributed by atoms with Gasteiger partial charge in [-0.3, -0.25) is 14.4 Å². The number of esters is 3. The largest absolute Gasteiger partial charge is 0.478 e. The standard InChI is InChI=1S/C23H30O10/c1-30-20(26)7-3-5-9-22(28)32-17-13-11-16(12-14-19(24)25)15-18(17)33-23(29)10-6-4-8-21(27)31-2/h11-15,23,29H,3-10H2,1-2H3,(H,24,25)/b14-12+. The summed E-state index contributed by atoms with van der Waals surface area (Å²) in [6.07, 6.45) is 3.61. The molecule has 1 atom stereocenters. The maximum atomic E-state index is 12.2. The van der Waals surface area contributed by atoms with E-state index < -0.39 is 18.2 Å². The Morgan fingerprint density at radius 3 is 2.03 bits per heavy atom. The van der Waals surface area contributed by atoms with Crippen LogP contribution in [-0.4, -0.2) is 54.6 Å². The third kappa shape index (κ3) is 12.3. The van der Waals surface area contributed by atoms with E-state index in [0.717, 1.165) is 6.08 Å². The topological polar surface area (TPSA) is 146 Å². The third-order valence-electron chi connectivity index (χ3n) is 4.42. The molecule has 1 unspecified atom stereocenters. The fourth-order valence-corrected chi connectivity index (χ4v) is 2.68. The summed E-state index contributed by atoms with van der Waals surface area (Å²) in [6, 6.07) is 4.42. The van der Waals surface area contributed by atoms with Gasteiger partial charge in [0.2, 0.25) is 0 Å². The van der Waals surface area contributed by atoms with Crippen molar-refractivity contribution in [1.29, 1.82) is 0 Å². The highest BCUT2D eigenvalue weighted by Crippen LogP contribution is 2.31. The molecule has 1 rings (SSSR count). The number of carboxylic acids is 1. The monoisotopic (exact) mass is 466 g/mol. The van der Waals surface area contributed by atoms with Crippen molar-refractivity contribution in [3.05, 3.63) is 29.8 Å². The Balaban J connectivity index is 2.76. The summed E-state index contributed by atoms with van der Waals surface area (Å²) in [5.41, 5.74) is 0.461. The number of ether oxygens (including phenoxy) is 4. The van der Waals surface area contributed by atoms with Crippen molar-refractivity contribution >= 4 is 30.0 Å². The summed E-state index contributed by atoms with van der Waals surface area (Å²) in [6.45, 7) is 0. The van der Waals surface area contributed by atoms with Gasteiger partial charge < -0.3 is 29.2 Å². The fourth-order valence-electron chi connectivity index (χ4n) is 2.68. The van der Waals surface area contributed by atoms with Crippen molar-refractivity contribution in [2.24, 2.45) is 0 Å². The van der Waals surface area contributed by atoms with E-state index in [4.69, 9.17) is 14.6 Å². The highest BCUT2D eigenvalue weighted by Gasteiger charge is 2.15. The van der Waals surface area contributed by atoms with Gasteiger partial charge in [-0.25, -0.2) is 4.79 Å². The Morgan fingerprint density at radius 1 is 0.879 bits per heavy atom. The fraction of sp³-hybridized carbons (Fsp3) is 0.478. The van der Waals surface area contributed by atoms with Gasteiger partial charge in [0.05, 0.1) is 14.2 Å². The predicted molar refractivity (Wildman–Crippen MR) is 116 cm³/mol. The molecule has 1 aromatic rings. The normalized spacial score (nSPS) is 11.6. The first-order valence-electron chi connectivity index (χ1n) is 10.5. The summed E-state index contributed by atoms with van der Waals surface area (Å²) in [5, 5.41) is 19.0. The number of carboxylic acid groups (broad SMARTS) is 1. The molecule has 0 aliphatic carbocycles. The number of hydrogen-bond acceptors (Lipinski definition) is 9. The average molecular weight is 466 g/mol. The number of carbonyl (C=O) groups excluding carboxylic acids is 3. The van der Waals surface area contributed by atoms with Crippen LogP contribution >= 0.6 is 0 Å². The molecule has 182 valence electrons. The van der Waals surface area contributed by atoms with Crippen molar-refractivity contribution in [3.63, 3.8) is 0 Å². The van der Waals surface area contributed by atoms with Gasteiger partial charge in [-0.1, -0.05) is 6.07 Å². The zero-order valence-corrected chi connectivity index (χ0v) is 18.8. The van der Waals surface area contributed by atoms with Crippen molar-refractivity contribution in [1.82, 2.24) is 0 Å². The van der Waals surface area contributed by atoms with E-state index in [-0.39, 0.29) is 49.1 Å². The zero-order chi connectivity index (χ0) is 24.6. The highest BCUT2D eigenvalue weighted by atomic mass is 16.6. The number of hydrogen-bond donors (Lipinski definition) is 2. The molecular weight excluding hydrogens is 436 g/mol. The van der Waals surface area contributed by atoms with Crippen molar-refractivity contribution in [2.75, 3.05) is 14.2 Å². The van der Waals surface area contributed by atoms with Crippen LogP contribution < -0.4 is 9.47 Å². The molecular formula is C23H30O10. The van der Waals surface area contributed by atoms with Crippen LogP contribution in [0.4, 0.5) is 0 Å². The molecule has 0 saturated carbocycles. The molecule has 10 heteroatoms. The Labute approximate surface area is 192 Å². The summed E-state index contributed by atoms with van der Waals surface area (Å²) in [7, 11) is 2.59. The van der Waals surface area contributed by atoms with Gasteiger partial charge in [-0.2, -0.15) is 0 Å². The molecule has 0 fully saturated rings. The molecule has 0 saturated heterocycles. The summed E-state index contributed by atoms with van der Waals surface area (Å²) >= 11 is 0. The molecule has 2 N–H and O–H groups in total. The van der Waals surface area contributed by atoms with Crippen LogP contribution in [0.1, 0.15) is 56.9 Å². The van der Waals surface area contributed by atoms with Crippen LogP contribution in [0.15, 0.2) is 24.3 Å². The van der Waals surface area contributed by atoms with E-state index in [0.29, 0.717) is 31.2 Å². The second-order valence-corrected chi connectivity index (χ2v) is 7.03. The van der Waals surface area contributed by atoms with Gasteiger partial charge in [-0.05, 0) is 49.5 Å². The van der Waals surface area contributed by atoms with E-state index in [1.54, 1.807) is 0 Å². The van der Waals surface area contributed by atoms with Crippen molar-refractivity contribution < 1.29 is 48.3 Å². The van der Waals surface area contributed by atoms with E-state index in [9.17, 15) is 24.3 Å². The molecule has 0 aromatic heterocycles. The molecule has 0 aliphatic rings. The van der Waals surface area contributed by atoms with Crippen molar-refractivity contribution in [3.8, 4) is 11.5 Å². The lowest BCUT2D eigenvalue weighted by Gasteiger charge is -2.17. The lowest BCUT2D eigenvalue weighted by atomic mass is 10.1. The number of methoxy groups -OCH3 is 2. The number of aliphatic hydroxyl groups excluding tert-OH is 1. The molecule has 1 aromatic carbocycles. The van der Waals surface area contributed by atoms with Crippen molar-refractivity contribution in [2.45, 2.75) is 57.7 Å². The van der Waals surface area contributed by atoms with Crippen LogP contribution in [0.5, 0.6) is 11.5 Å². The van der Waals surface area contributed by atoms with Gasteiger partial charge in [0.25, 0.3) is 0 Å². The Hall–Kier alpha value is -3.40. The summed E-state index contributed by atoms with van der Waals surface area (Å²) < 4.78 is 20.0. The van der Waals surface area contributed by atoms with Gasteiger partial charge in [0, 0.05) is 31.8 Å². The first-order chi connectivity index (χ1) is 15.7. The van der Waals surface area contributed by atoms with Crippen LogP contribution in [0.25, 0.3) is 6.08 Å².